The maximum atomic E-state index is 9.60. The molecule has 0 amide bonds. The Morgan fingerprint density at radius 2 is 2.13 bits per heavy atom. The van der Waals surface area contributed by atoms with Crippen LogP contribution in [-0.2, 0) is 4.74 Å². The Morgan fingerprint density at radius 3 is 2.80 bits per heavy atom. The molecule has 0 radical (unpaired) electrons. The molecule has 1 fully saturated rings. The van der Waals surface area contributed by atoms with Crippen molar-refractivity contribution in [2.75, 3.05) is 19.8 Å². The number of morpholine rings is 1. The van der Waals surface area contributed by atoms with E-state index in [2.05, 4.69) is 5.32 Å². The minimum absolute atomic E-state index is 0. The zero-order chi connectivity index (χ0) is 9.97. The molecule has 1 aromatic rings. The number of para-hydroxylation sites is 1. The topological polar surface area (TPSA) is 61.7 Å². The average Bonchev–Trinajstić information content (AvgIpc) is 2.23. The highest BCUT2D eigenvalue weighted by atomic mass is 35.5. The van der Waals surface area contributed by atoms with E-state index >= 15 is 0 Å². The molecule has 1 heterocycles. The molecule has 15 heavy (non-hydrogen) atoms. The van der Waals surface area contributed by atoms with Crippen molar-refractivity contribution in [2.45, 2.75) is 6.04 Å². The molecule has 0 saturated carbocycles. The zero-order valence-corrected chi connectivity index (χ0v) is 8.96. The van der Waals surface area contributed by atoms with Gasteiger partial charge in [-0.05, 0) is 6.07 Å². The van der Waals surface area contributed by atoms with Gasteiger partial charge < -0.3 is 20.3 Å². The summed E-state index contributed by atoms with van der Waals surface area (Å²) < 4.78 is 5.28. The Bertz CT molecular complexity index is 326. The molecule has 0 unspecified atom stereocenters. The summed E-state index contributed by atoms with van der Waals surface area (Å²) in [6.45, 7) is 1.98. The largest absolute Gasteiger partial charge is 0.504 e. The summed E-state index contributed by atoms with van der Waals surface area (Å²) >= 11 is 0. The number of phenolic OH excluding ortho intramolecular Hbond substituents is 2. The van der Waals surface area contributed by atoms with Gasteiger partial charge in [-0.15, -0.1) is 12.4 Å². The van der Waals surface area contributed by atoms with E-state index in [0.29, 0.717) is 18.8 Å². The van der Waals surface area contributed by atoms with Crippen molar-refractivity contribution < 1.29 is 14.9 Å². The molecule has 1 saturated heterocycles. The van der Waals surface area contributed by atoms with E-state index < -0.39 is 0 Å². The van der Waals surface area contributed by atoms with Gasteiger partial charge in [-0.25, -0.2) is 0 Å². The van der Waals surface area contributed by atoms with Crippen LogP contribution in [0.2, 0.25) is 0 Å². The summed E-state index contributed by atoms with van der Waals surface area (Å²) in [5.74, 6) is -0.148. The highest BCUT2D eigenvalue weighted by Crippen LogP contribution is 2.33. The van der Waals surface area contributed by atoms with Gasteiger partial charge in [0.15, 0.2) is 11.5 Å². The first-order valence-electron chi connectivity index (χ1n) is 4.61. The summed E-state index contributed by atoms with van der Waals surface area (Å²) in [5.41, 5.74) is 0.685. The summed E-state index contributed by atoms with van der Waals surface area (Å²) in [6, 6.07) is 4.92. The van der Waals surface area contributed by atoms with E-state index in [0.717, 1.165) is 6.54 Å². The third-order valence-electron chi connectivity index (χ3n) is 2.34. The van der Waals surface area contributed by atoms with Crippen molar-refractivity contribution >= 4 is 12.4 Å². The van der Waals surface area contributed by atoms with Crippen LogP contribution in [0.15, 0.2) is 18.2 Å². The lowest BCUT2D eigenvalue weighted by atomic mass is 10.1. The molecule has 1 aliphatic rings. The number of halogens is 1. The molecule has 0 bridgehead atoms. The van der Waals surface area contributed by atoms with Crippen molar-refractivity contribution in [3.63, 3.8) is 0 Å². The number of hydrogen-bond donors (Lipinski definition) is 3. The van der Waals surface area contributed by atoms with Crippen LogP contribution in [0.25, 0.3) is 0 Å². The fourth-order valence-corrected chi connectivity index (χ4v) is 1.60. The predicted molar refractivity (Wildman–Crippen MR) is 58.6 cm³/mol. The number of nitrogens with one attached hydrogen (secondary N) is 1. The van der Waals surface area contributed by atoms with Gasteiger partial charge in [-0.3, -0.25) is 0 Å². The van der Waals surface area contributed by atoms with Gasteiger partial charge in [0.05, 0.1) is 19.3 Å². The molecule has 0 aromatic heterocycles. The van der Waals surface area contributed by atoms with Crippen molar-refractivity contribution in [2.24, 2.45) is 0 Å². The van der Waals surface area contributed by atoms with Gasteiger partial charge in [0.2, 0.25) is 0 Å². The molecule has 4 nitrogen and oxygen atoms in total. The highest BCUT2D eigenvalue weighted by molar-refractivity contribution is 5.85. The van der Waals surface area contributed by atoms with E-state index in [1.54, 1.807) is 12.1 Å². The van der Waals surface area contributed by atoms with Crippen LogP contribution in [0.5, 0.6) is 11.5 Å². The maximum Gasteiger partial charge on any atom is 0.162 e. The van der Waals surface area contributed by atoms with Crippen LogP contribution in [-0.4, -0.2) is 30.0 Å². The lowest BCUT2D eigenvalue weighted by Crippen LogP contribution is -2.34. The van der Waals surface area contributed by atoms with E-state index in [1.807, 2.05) is 0 Å². The molecule has 5 heteroatoms. The van der Waals surface area contributed by atoms with E-state index in [1.165, 1.54) is 6.07 Å². The molecular weight excluding hydrogens is 218 g/mol. The predicted octanol–water partition coefficient (Wildman–Crippen LogP) is 1.18. The highest BCUT2D eigenvalue weighted by Gasteiger charge is 2.19. The molecule has 1 aliphatic heterocycles. The lowest BCUT2D eigenvalue weighted by Gasteiger charge is -2.24. The van der Waals surface area contributed by atoms with Crippen LogP contribution in [0.4, 0.5) is 0 Å². The van der Waals surface area contributed by atoms with Crippen molar-refractivity contribution in [1.29, 1.82) is 0 Å². The van der Waals surface area contributed by atoms with Crippen LogP contribution in [0.3, 0.4) is 0 Å². The lowest BCUT2D eigenvalue weighted by molar-refractivity contribution is 0.0760. The second-order valence-corrected chi connectivity index (χ2v) is 3.30. The number of hydrogen-bond acceptors (Lipinski definition) is 4. The minimum atomic E-state index is -0.0881. The molecule has 0 aliphatic carbocycles. The normalized spacial score (nSPS) is 20.7. The number of aromatic hydroxyl groups is 2. The summed E-state index contributed by atoms with van der Waals surface area (Å²) in [4.78, 5) is 0. The van der Waals surface area contributed by atoms with Gasteiger partial charge in [0.25, 0.3) is 0 Å². The standard InChI is InChI=1S/C10H13NO3.ClH/c12-9-3-1-2-7(10(9)13)8-6-14-5-4-11-8;/h1-3,8,11-13H,4-6H2;1H/t8-;/m0./s1. The van der Waals surface area contributed by atoms with Crippen LogP contribution < -0.4 is 5.32 Å². The van der Waals surface area contributed by atoms with Gasteiger partial charge in [0, 0.05) is 12.1 Å². The molecule has 1 aromatic carbocycles. The van der Waals surface area contributed by atoms with Crippen molar-refractivity contribution in [3.8, 4) is 11.5 Å². The van der Waals surface area contributed by atoms with Gasteiger partial charge in [0.1, 0.15) is 0 Å². The first-order chi connectivity index (χ1) is 6.79. The number of ether oxygens (including phenoxy) is 1. The Morgan fingerprint density at radius 1 is 1.33 bits per heavy atom. The van der Waals surface area contributed by atoms with E-state index in [-0.39, 0.29) is 29.9 Å². The second-order valence-electron chi connectivity index (χ2n) is 3.30. The molecule has 3 N–H and O–H groups in total. The van der Waals surface area contributed by atoms with Gasteiger partial charge in [-0.1, -0.05) is 12.1 Å². The first kappa shape index (κ1) is 12.1. The van der Waals surface area contributed by atoms with Crippen molar-refractivity contribution in [1.82, 2.24) is 5.32 Å². The van der Waals surface area contributed by atoms with Gasteiger partial charge in [-0.2, -0.15) is 0 Å². The number of phenols is 2. The Kier molecular flexibility index (Phi) is 4.20. The Hall–Kier alpha value is -0.970. The fourth-order valence-electron chi connectivity index (χ4n) is 1.60. The first-order valence-corrected chi connectivity index (χ1v) is 4.61. The molecule has 0 spiro atoms. The molecule has 2 rings (SSSR count). The summed E-state index contributed by atoms with van der Waals surface area (Å²) in [7, 11) is 0. The zero-order valence-electron chi connectivity index (χ0n) is 8.14. The SMILES string of the molecule is Cl.Oc1cccc([C@@H]2COCCN2)c1O. The summed E-state index contributed by atoms with van der Waals surface area (Å²) in [6.07, 6.45) is 0. The smallest absolute Gasteiger partial charge is 0.162 e. The average molecular weight is 232 g/mol. The van der Waals surface area contributed by atoms with Crippen molar-refractivity contribution in [3.05, 3.63) is 23.8 Å². The maximum absolute atomic E-state index is 9.60. The van der Waals surface area contributed by atoms with Crippen LogP contribution in [0.1, 0.15) is 11.6 Å². The third-order valence-corrected chi connectivity index (χ3v) is 2.34. The van der Waals surface area contributed by atoms with Crippen LogP contribution >= 0.6 is 12.4 Å². The minimum Gasteiger partial charge on any atom is -0.504 e. The summed E-state index contributed by atoms with van der Waals surface area (Å²) in [5, 5.41) is 22.1. The number of rotatable bonds is 1. The molecule has 84 valence electrons. The van der Waals surface area contributed by atoms with E-state index in [4.69, 9.17) is 4.74 Å². The van der Waals surface area contributed by atoms with E-state index in [9.17, 15) is 10.2 Å². The number of benzene rings is 1. The quantitative estimate of drug-likeness (QED) is 0.636. The molecule has 1 atom stereocenters. The Balaban J connectivity index is 0.00000112. The monoisotopic (exact) mass is 231 g/mol. The molecular formula is C10H14ClNO3. The fraction of sp³-hybridized carbons (Fsp3) is 0.400. The third kappa shape index (κ3) is 2.53. The van der Waals surface area contributed by atoms with Crippen LogP contribution in [0, 0.1) is 0 Å². The Labute approximate surface area is 94.3 Å². The van der Waals surface area contributed by atoms with Gasteiger partial charge >= 0.3 is 0 Å². The second kappa shape index (κ2) is 5.21.